The van der Waals surface area contributed by atoms with Gasteiger partial charge in [-0.05, 0) is 24.3 Å². The van der Waals surface area contributed by atoms with Gasteiger partial charge in [-0.1, -0.05) is 0 Å². The molecule has 0 saturated carbocycles. The monoisotopic (exact) mass is 247 g/mol. The summed E-state index contributed by atoms with van der Waals surface area (Å²) in [4.78, 5) is 11.9. The molecule has 1 aliphatic rings. The number of nitrogens with one attached hydrogen (secondary N) is 1. The number of fused-ring (bicyclic) bond motifs is 2. The van der Waals surface area contributed by atoms with Gasteiger partial charge in [-0.3, -0.25) is 4.79 Å². The SMILES string of the molecule is O=C1Nc2ccc(F)cc2Oc2cc(F)ccc21. The Kier molecular flexibility index (Phi) is 2.26. The van der Waals surface area contributed by atoms with Crippen LogP contribution >= 0.6 is 0 Å². The van der Waals surface area contributed by atoms with Crippen molar-refractivity contribution in [1.82, 2.24) is 0 Å². The van der Waals surface area contributed by atoms with E-state index >= 15 is 0 Å². The lowest BCUT2D eigenvalue weighted by molar-refractivity contribution is 0.102. The van der Waals surface area contributed by atoms with Crippen molar-refractivity contribution in [3.05, 3.63) is 53.6 Å². The number of anilines is 1. The van der Waals surface area contributed by atoms with Gasteiger partial charge < -0.3 is 10.1 Å². The van der Waals surface area contributed by atoms with Crippen LogP contribution in [0.25, 0.3) is 0 Å². The summed E-state index contributed by atoms with van der Waals surface area (Å²) in [6.07, 6.45) is 0. The number of carbonyl (C=O) groups is 1. The highest BCUT2D eigenvalue weighted by Gasteiger charge is 2.21. The molecule has 0 saturated heterocycles. The molecule has 0 atom stereocenters. The maximum absolute atomic E-state index is 13.1. The molecule has 2 aromatic rings. The van der Waals surface area contributed by atoms with Crippen molar-refractivity contribution in [1.29, 1.82) is 0 Å². The number of hydrogen-bond donors (Lipinski definition) is 1. The van der Waals surface area contributed by atoms with Crippen LogP contribution < -0.4 is 10.1 Å². The Bertz CT molecular complexity index is 655. The maximum Gasteiger partial charge on any atom is 0.259 e. The van der Waals surface area contributed by atoms with Gasteiger partial charge >= 0.3 is 0 Å². The summed E-state index contributed by atoms with van der Waals surface area (Å²) < 4.78 is 31.6. The van der Waals surface area contributed by atoms with Gasteiger partial charge in [0.2, 0.25) is 0 Å². The minimum atomic E-state index is -0.526. The second-order valence-electron chi connectivity index (χ2n) is 3.84. The van der Waals surface area contributed by atoms with Gasteiger partial charge in [-0.2, -0.15) is 0 Å². The van der Waals surface area contributed by atoms with E-state index in [0.717, 1.165) is 12.1 Å². The van der Waals surface area contributed by atoms with Gasteiger partial charge in [0.1, 0.15) is 17.4 Å². The van der Waals surface area contributed by atoms with E-state index in [-0.39, 0.29) is 17.1 Å². The molecule has 3 rings (SSSR count). The highest BCUT2D eigenvalue weighted by atomic mass is 19.1. The molecule has 3 nitrogen and oxygen atoms in total. The molecule has 0 unspecified atom stereocenters. The normalized spacial score (nSPS) is 12.9. The van der Waals surface area contributed by atoms with Gasteiger partial charge in [-0.25, -0.2) is 8.78 Å². The van der Waals surface area contributed by atoms with Crippen LogP contribution in [-0.2, 0) is 0 Å². The standard InChI is InChI=1S/C13H7F2NO2/c14-7-1-3-9-11(5-7)18-12-6-8(15)2-4-10(12)16-13(9)17/h1-6H,(H,16,17). The van der Waals surface area contributed by atoms with E-state index in [1.165, 1.54) is 24.3 Å². The lowest BCUT2D eigenvalue weighted by Crippen LogP contribution is -2.10. The average molecular weight is 247 g/mol. The molecule has 2 aromatic carbocycles. The van der Waals surface area contributed by atoms with Gasteiger partial charge in [0.05, 0.1) is 11.3 Å². The maximum atomic E-state index is 13.1. The molecular weight excluding hydrogens is 240 g/mol. The number of halogens is 2. The minimum Gasteiger partial charge on any atom is -0.454 e. The molecule has 0 spiro atoms. The Balaban J connectivity index is 2.18. The summed E-state index contributed by atoms with van der Waals surface area (Å²) >= 11 is 0. The third-order valence-electron chi connectivity index (χ3n) is 2.60. The molecule has 18 heavy (non-hydrogen) atoms. The Morgan fingerprint density at radius 1 is 0.944 bits per heavy atom. The lowest BCUT2D eigenvalue weighted by atomic mass is 10.2. The molecule has 5 heteroatoms. The lowest BCUT2D eigenvalue weighted by Gasteiger charge is -2.07. The van der Waals surface area contributed by atoms with Gasteiger partial charge in [0.25, 0.3) is 5.91 Å². The van der Waals surface area contributed by atoms with Crippen molar-refractivity contribution in [3.63, 3.8) is 0 Å². The average Bonchev–Trinajstić information content (AvgIpc) is 2.44. The van der Waals surface area contributed by atoms with Crippen LogP contribution in [0.2, 0.25) is 0 Å². The molecule has 0 radical (unpaired) electrons. The number of ether oxygens (including phenoxy) is 1. The molecule has 0 bridgehead atoms. The van der Waals surface area contributed by atoms with Crippen LogP contribution in [0.15, 0.2) is 36.4 Å². The summed E-state index contributed by atoms with van der Waals surface area (Å²) in [5.41, 5.74) is 0.547. The fourth-order valence-corrected chi connectivity index (χ4v) is 1.76. The van der Waals surface area contributed by atoms with Crippen LogP contribution in [-0.4, -0.2) is 5.91 Å². The predicted octanol–water partition coefficient (Wildman–Crippen LogP) is 3.32. The van der Waals surface area contributed by atoms with E-state index in [1.807, 2.05) is 0 Å². The van der Waals surface area contributed by atoms with Crippen molar-refractivity contribution < 1.29 is 18.3 Å². The van der Waals surface area contributed by atoms with Crippen molar-refractivity contribution in [2.24, 2.45) is 0 Å². The van der Waals surface area contributed by atoms with E-state index in [2.05, 4.69) is 5.32 Å². The summed E-state index contributed by atoms with van der Waals surface area (Å²) in [5.74, 6) is -1.23. The molecule has 1 heterocycles. The third-order valence-corrected chi connectivity index (χ3v) is 2.60. The number of hydrogen-bond acceptors (Lipinski definition) is 2. The fraction of sp³-hybridized carbons (Fsp3) is 0. The zero-order valence-corrected chi connectivity index (χ0v) is 9.04. The molecule has 90 valence electrons. The summed E-state index contributed by atoms with van der Waals surface area (Å²) in [6, 6.07) is 7.31. The number of rotatable bonds is 0. The number of carbonyl (C=O) groups excluding carboxylic acids is 1. The molecule has 1 aliphatic heterocycles. The van der Waals surface area contributed by atoms with E-state index in [1.54, 1.807) is 0 Å². The third kappa shape index (κ3) is 1.69. The zero-order chi connectivity index (χ0) is 12.7. The van der Waals surface area contributed by atoms with Crippen molar-refractivity contribution in [3.8, 4) is 11.5 Å². The zero-order valence-electron chi connectivity index (χ0n) is 9.04. The second-order valence-corrected chi connectivity index (χ2v) is 3.84. The predicted molar refractivity (Wildman–Crippen MR) is 60.8 cm³/mol. The Morgan fingerprint density at radius 2 is 1.61 bits per heavy atom. The van der Waals surface area contributed by atoms with E-state index in [4.69, 9.17) is 4.74 Å². The van der Waals surface area contributed by atoms with Crippen molar-refractivity contribution in [2.45, 2.75) is 0 Å². The van der Waals surface area contributed by atoms with Gasteiger partial charge in [0.15, 0.2) is 5.75 Å². The molecular formula is C13H7F2NO2. The van der Waals surface area contributed by atoms with E-state index in [9.17, 15) is 13.6 Å². The summed E-state index contributed by atoms with van der Waals surface area (Å²) in [5, 5.41) is 2.57. The summed E-state index contributed by atoms with van der Waals surface area (Å²) in [7, 11) is 0. The quantitative estimate of drug-likeness (QED) is 0.775. The first-order valence-corrected chi connectivity index (χ1v) is 5.22. The van der Waals surface area contributed by atoms with Crippen molar-refractivity contribution in [2.75, 3.05) is 5.32 Å². The first-order valence-electron chi connectivity index (χ1n) is 5.22. The highest BCUT2D eigenvalue weighted by Crippen LogP contribution is 2.36. The first-order chi connectivity index (χ1) is 8.63. The van der Waals surface area contributed by atoms with Crippen LogP contribution in [0, 0.1) is 11.6 Å². The Hall–Kier alpha value is -2.43. The largest absolute Gasteiger partial charge is 0.454 e. The molecule has 0 fully saturated rings. The Labute approximate surface area is 101 Å². The van der Waals surface area contributed by atoms with E-state index in [0.29, 0.717) is 5.69 Å². The molecule has 1 N–H and O–H groups in total. The van der Waals surface area contributed by atoms with E-state index < -0.39 is 17.5 Å². The molecule has 1 amide bonds. The summed E-state index contributed by atoms with van der Waals surface area (Å²) in [6.45, 7) is 0. The number of benzene rings is 2. The smallest absolute Gasteiger partial charge is 0.259 e. The second kappa shape index (κ2) is 3.80. The van der Waals surface area contributed by atoms with Crippen LogP contribution in [0.1, 0.15) is 10.4 Å². The topological polar surface area (TPSA) is 38.3 Å². The number of amides is 1. The van der Waals surface area contributed by atoms with Crippen molar-refractivity contribution >= 4 is 11.6 Å². The van der Waals surface area contributed by atoms with Gasteiger partial charge in [-0.15, -0.1) is 0 Å². The fourth-order valence-electron chi connectivity index (χ4n) is 1.76. The Morgan fingerprint density at radius 3 is 2.39 bits per heavy atom. The van der Waals surface area contributed by atoms with Crippen LogP contribution in [0.3, 0.4) is 0 Å². The van der Waals surface area contributed by atoms with Gasteiger partial charge in [0, 0.05) is 12.1 Å². The van der Waals surface area contributed by atoms with Crippen LogP contribution in [0.4, 0.5) is 14.5 Å². The first kappa shape index (κ1) is 10.7. The minimum absolute atomic E-state index is 0.0665. The molecule has 0 aromatic heterocycles. The molecule has 0 aliphatic carbocycles. The highest BCUT2D eigenvalue weighted by molar-refractivity contribution is 6.07. The van der Waals surface area contributed by atoms with Crippen LogP contribution in [0.5, 0.6) is 11.5 Å².